The van der Waals surface area contributed by atoms with Crippen molar-refractivity contribution < 1.29 is 19.1 Å². The molecule has 8 nitrogen and oxygen atoms in total. The Labute approximate surface area is 192 Å². The van der Waals surface area contributed by atoms with Gasteiger partial charge in [-0.15, -0.1) is 5.10 Å². The van der Waals surface area contributed by atoms with Crippen molar-refractivity contribution in [3.05, 3.63) is 54.7 Å². The smallest absolute Gasteiger partial charge is 0.241 e. The third-order valence-corrected chi connectivity index (χ3v) is 6.41. The second-order valence-corrected chi connectivity index (χ2v) is 8.49. The van der Waals surface area contributed by atoms with E-state index in [0.29, 0.717) is 31.3 Å². The summed E-state index contributed by atoms with van der Waals surface area (Å²) in [7, 11) is 1.59. The molecule has 2 amide bonds. The quantitative estimate of drug-likeness (QED) is 0.599. The Hall–Kier alpha value is -3.68. The van der Waals surface area contributed by atoms with Crippen molar-refractivity contribution in [3.8, 4) is 11.6 Å². The molecule has 0 radical (unpaired) electrons. The molecule has 1 aromatic heterocycles. The summed E-state index contributed by atoms with van der Waals surface area (Å²) < 4.78 is 11.4. The normalized spacial score (nSPS) is 19.2. The molecular weight excluding hydrogens is 420 g/mol. The van der Waals surface area contributed by atoms with Crippen molar-refractivity contribution in [1.82, 2.24) is 15.1 Å². The Bertz CT molecular complexity index is 1170. The van der Waals surface area contributed by atoms with Crippen LogP contribution in [0.1, 0.15) is 19.3 Å². The first-order valence-corrected chi connectivity index (χ1v) is 11.2. The average Bonchev–Trinajstić information content (AvgIpc) is 3.26. The monoisotopic (exact) mass is 446 g/mol. The lowest BCUT2D eigenvalue weighted by Gasteiger charge is -2.33. The van der Waals surface area contributed by atoms with Gasteiger partial charge in [0.25, 0.3) is 0 Å². The van der Waals surface area contributed by atoms with Gasteiger partial charge in [0.15, 0.2) is 0 Å². The van der Waals surface area contributed by atoms with Gasteiger partial charge in [-0.25, -0.2) is 0 Å². The highest BCUT2D eigenvalue weighted by Crippen LogP contribution is 2.30. The van der Waals surface area contributed by atoms with Crippen molar-refractivity contribution >= 4 is 28.3 Å². The second kappa shape index (κ2) is 9.05. The van der Waals surface area contributed by atoms with E-state index < -0.39 is 0 Å². The van der Waals surface area contributed by atoms with Crippen molar-refractivity contribution in [3.63, 3.8) is 0 Å². The summed E-state index contributed by atoms with van der Waals surface area (Å²) >= 11 is 0. The number of likely N-dealkylation sites (tertiary alicyclic amines) is 1. The van der Waals surface area contributed by atoms with Crippen molar-refractivity contribution in [2.24, 2.45) is 5.92 Å². The van der Waals surface area contributed by atoms with Gasteiger partial charge in [-0.1, -0.05) is 24.3 Å². The molecule has 2 aliphatic rings. The minimum Gasteiger partial charge on any atom is -0.497 e. The molecule has 0 bridgehead atoms. The summed E-state index contributed by atoms with van der Waals surface area (Å²) in [5.41, 5.74) is 0.762. The lowest BCUT2D eigenvalue weighted by atomic mass is 10.0. The fraction of sp³-hybridized carbons (Fsp3) is 0.360. The standard InChI is InChI=1S/C25H26N4O4/c1-32-21-7-4-6-19(14-21)29-16-18(13-23(29)30)25(31)28-11-9-20(10-12-28)33-24-22-8-3-2-5-17(22)15-26-27-24/h2-8,14-15,18,20H,9-13,16H2,1H3. The molecule has 1 unspecified atom stereocenters. The summed E-state index contributed by atoms with van der Waals surface area (Å²) in [5.74, 6) is 0.901. The number of methoxy groups -OCH3 is 1. The Kier molecular flexibility index (Phi) is 5.81. The minimum atomic E-state index is -0.329. The van der Waals surface area contributed by atoms with E-state index in [1.807, 2.05) is 53.4 Å². The second-order valence-electron chi connectivity index (χ2n) is 8.49. The van der Waals surface area contributed by atoms with Gasteiger partial charge in [-0.05, 0) is 18.2 Å². The zero-order valence-electron chi connectivity index (χ0n) is 18.5. The largest absolute Gasteiger partial charge is 0.497 e. The number of anilines is 1. The maximum Gasteiger partial charge on any atom is 0.241 e. The van der Waals surface area contributed by atoms with Crippen LogP contribution in [0.5, 0.6) is 11.6 Å². The molecule has 2 fully saturated rings. The molecule has 3 aromatic rings. The number of hydrogen-bond donors (Lipinski definition) is 0. The third kappa shape index (κ3) is 4.33. The molecule has 0 spiro atoms. The number of aromatic nitrogens is 2. The van der Waals surface area contributed by atoms with Crippen LogP contribution in [0.15, 0.2) is 54.7 Å². The first kappa shape index (κ1) is 21.2. The molecule has 3 heterocycles. The van der Waals surface area contributed by atoms with Crippen LogP contribution in [-0.2, 0) is 9.59 Å². The van der Waals surface area contributed by atoms with Crippen LogP contribution < -0.4 is 14.4 Å². The number of piperidine rings is 1. The lowest BCUT2D eigenvalue weighted by Crippen LogP contribution is -2.45. The zero-order valence-corrected chi connectivity index (χ0v) is 18.5. The molecular formula is C25H26N4O4. The Balaban J connectivity index is 1.19. The summed E-state index contributed by atoms with van der Waals surface area (Å²) in [4.78, 5) is 29.3. The van der Waals surface area contributed by atoms with Gasteiger partial charge in [-0.3, -0.25) is 9.59 Å². The average molecular weight is 447 g/mol. The first-order valence-electron chi connectivity index (χ1n) is 11.2. The van der Waals surface area contributed by atoms with Crippen LogP contribution in [0, 0.1) is 5.92 Å². The molecule has 5 rings (SSSR count). The van der Waals surface area contributed by atoms with Crippen LogP contribution in [0.3, 0.4) is 0 Å². The van der Waals surface area contributed by atoms with Crippen LogP contribution in [0.4, 0.5) is 5.69 Å². The van der Waals surface area contributed by atoms with Gasteiger partial charge in [0.1, 0.15) is 11.9 Å². The Morgan fingerprint density at radius 3 is 2.73 bits per heavy atom. The molecule has 2 aromatic carbocycles. The van der Waals surface area contributed by atoms with E-state index in [0.717, 1.165) is 29.3 Å². The highest BCUT2D eigenvalue weighted by atomic mass is 16.5. The third-order valence-electron chi connectivity index (χ3n) is 6.41. The first-order chi connectivity index (χ1) is 16.1. The molecule has 8 heteroatoms. The van der Waals surface area contributed by atoms with Gasteiger partial charge >= 0.3 is 0 Å². The lowest BCUT2D eigenvalue weighted by molar-refractivity contribution is -0.137. The molecule has 1 atom stereocenters. The van der Waals surface area contributed by atoms with Gasteiger partial charge in [-0.2, -0.15) is 5.10 Å². The van der Waals surface area contributed by atoms with Gasteiger partial charge < -0.3 is 19.3 Å². The van der Waals surface area contributed by atoms with E-state index in [-0.39, 0.29) is 30.3 Å². The Morgan fingerprint density at radius 1 is 1.09 bits per heavy atom. The number of hydrogen-bond acceptors (Lipinski definition) is 6. The fourth-order valence-corrected chi connectivity index (χ4v) is 4.60. The number of carbonyl (C=O) groups excluding carboxylic acids is 2. The SMILES string of the molecule is COc1cccc(N2CC(C(=O)N3CCC(Oc4nncc5ccccc45)CC3)CC2=O)c1. The Morgan fingerprint density at radius 2 is 1.91 bits per heavy atom. The van der Waals surface area contributed by atoms with E-state index in [2.05, 4.69) is 10.2 Å². The van der Waals surface area contributed by atoms with Crippen molar-refractivity contribution in [1.29, 1.82) is 0 Å². The number of nitrogens with zero attached hydrogens (tertiary/aromatic N) is 4. The summed E-state index contributed by atoms with van der Waals surface area (Å²) in [5, 5.41) is 10.1. The predicted molar refractivity (Wildman–Crippen MR) is 123 cm³/mol. The summed E-state index contributed by atoms with van der Waals surface area (Å²) in [6.45, 7) is 1.60. The van der Waals surface area contributed by atoms with Crippen molar-refractivity contribution in [2.75, 3.05) is 31.6 Å². The number of rotatable bonds is 5. The number of carbonyl (C=O) groups is 2. The number of ether oxygens (including phenoxy) is 2. The molecule has 33 heavy (non-hydrogen) atoms. The number of amides is 2. The van der Waals surface area contributed by atoms with Gasteiger partial charge in [0, 0.05) is 61.4 Å². The maximum absolute atomic E-state index is 13.1. The summed E-state index contributed by atoms with van der Waals surface area (Å²) in [6.07, 6.45) is 3.38. The predicted octanol–water partition coefficient (Wildman–Crippen LogP) is 3.06. The van der Waals surface area contributed by atoms with Gasteiger partial charge in [0.2, 0.25) is 17.7 Å². The van der Waals surface area contributed by atoms with E-state index >= 15 is 0 Å². The van der Waals surface area contributed by atoms with Crippen LogP contribution >= 0.6 is 0 Å². The molecule has 0 aliphatic carbocycles. The maximum atomic E-state index is 13.1. The molecule has 0 saturated carbocycles. The molecule has 0 N–H and O–H groups in total. The highest BCUT2D eigenvalue weighted by molar-refractivity contribution is 6.00. The highest BCUT2D eigenvalue weighted by Gasteiger charge is 2.38. The number of fused-ring (bicyclic) bond motifs is 1. The van der Waals surface area contributed by atoms with E-state index in [1.165, 1.54) is 0 Å². The molecule has 170 valence electrons. The van der Waals surface area contributed by atoms with E-state index in [1.54, 1.807) is 18.2 Å². The number of benzene rings is 2. The zero-order chi connectivity index (χ0) is 22.8. The van der Waals surface area contributed by atoms with Crippen LogP contribution in [0.25, 0.3) is 10.8 Å². The van der Waals surface area contributed by atoms with Crippen LogP contribution in [0.2, 0.25) is 0 Å². The fourth-order valence-electron chi connectivity index (χ4n) is 4.60. The van der Waals surface area contributed by atoms with E-state index in [9.17, 15) is 9.59 Å². The molecule has 2 aliphatic heterocycles. The molecule has 2 saturated heterocycles. The van der Waals surface area contributed by atoms with E-state index in [4.69, 9.17) is 9.47 Å². The van der Waals surface area contributed by atoms with Crippen LogP contribution in [-0.4, -0.2) is 59.8 Å². The van der Waals surface area contributed by atoms with Gasteiger partial charge in [0.05, 0.1) is 19.2 Å². The van der Waals surface area contributed by atoms with Crippen molar-refractivity contribution in [2.45, 2.75) is 25.4 Å². The minimum absolute atomic E-state index is 0.0207. The summed E-state index contributed by atoms with van der Waals surface area (Å²) in [6, 6.07) is 15.2. The topological polar surface area (TPSA) is 84.9 Å².